The summed E-state index contributed by atoms with van der Waals surface area (Å²) in [5.74, 6) is 0.908. The molecule has 1 saturated heterocycles. The van der Waals surface area contributed by atoms with Crippen LogP contribution in [-0.4, -0.2) is 62.8 Å². The van der Waals surface area contributed by atoms with Crippen molar-refractivity contribution in [2.75, 3.05) is 45.9 Å². The van der Waals surface area contributed by atoms with Crippen LogP contribution in [0.3, 0.4) is 0 Å². The number of aliphatic imine (C=N–C) groups is 1. The second-order valence-electron chi connectivity index (χ2n) is 6.38. The van der Waals surface area contributed by atoms with Crippen molar-refractivity contribution in [1.29, 1.82) is 0 Å². The van der Waals surface area contributed by atoms with Gasteiger partial charge in [-0.1, -0.05) is 29.8 Å². The van der Waals surface area contributed by atoms with E-state index in [9.17, 15) is 0 Å². The molecule has 1 heterocycles. The molecule has 0 saturated carbocycles. The minimum absolute atomic E-state index is 0.445. The Bertz CT molecular complexity index is 512. The van der Waals surface area contributed by atoms with E-state index >= 15 is 0 Å². The van der Waals surface area contributed by atoms with Gasteiger partial charge in [-0.15, -0.1) is 0 Å². The van der Waals surface area contributed by atoms with Crippen LogP contribution in [-0.2, 0) is 11.2 Å². The molecule has 1 fully saturated rings. The molecule has 0 aliphatic carbocycles. The van der Waals surface area contributed by atoms with Crippen LogP contribution in [0.4, 0.5) is 0 Å². The highest BCUT2D eigenvalue weighted by Crippen LogP contribution is 2.05. The van der Waals surface area contributed by atoms with Gasteiger partial charge in [-0.3, -0.25) is 9.89 Å². The van der Waals surface area contributed by atoms with Crippen LogP contribution in [0.5, 0.6) is 0 Å². The molecule has 1 aromatic carbocycles. The zero-order valence-corrected chi connectivity index (χ0v) is 15.3. The lowest BCUT2D eigenvalue weighted by Crippen LogP contribution is -2.44. The van der Waals surface area contributed by atoms with E-state index in [0.717, 1.165) is 58.3 Å². The molecule has 1 aromatic rings. The highest BCUT2D eigenvalue weighted by atomic mass is 16.5. The maximum atomic E-state index is 5.42. The zero-order valence-electron chi connectivity index (χ0n) is 15.3. The predicted octanol–water partition coefficient (Wildman–Crippen LogP) is 1.81. The van der Waals surface area contributed by atoms with Gasteiger partial charge in [0, 0.05) is 32.2 Å². The summed E-state index contributed by atoms with van der Waals surface area (Å²) in [7, 11) is 0. The first-order chi connectivity index (χ1) is 11.7. The largest absolute Gasteiger partial charge is 0.379 e. The van der Waals surface area contributed by atoms with Crippen LogP contribution >= 0.6 is 0 Å². The molecule has 2 rings (SSSR count). The fourth-order valence-corrected chi connectivity index (χ4v) is 2.89. The van der Waals surface area contributed by atoms with Gasteiger partial charge in [-0.25, -0.2) is 0 Å². The van der Waals surface area contributed by atoms with Gasteiger partial charge in [-0.05, 0) is 32.8 Å². The Hall–Kier alpha value is -1.59. The smallest absolute Gasteiger partial charge is 0.191 e. The van der Waals surface area contributed by atoms with Crippen LogP contribution in [0.1, 0.15) is 25.0 Å². The summed E-state index contributed by atoms with van der Waals surface area (Å²) in [4.78, 5) is 7.20. The molecule has 2 N–H and O–H groups in total. The number of nitrogens with zero attached hydrogens (tertiary/aromatic N) is 2. The fourth-order valence-electron chi connectivity index (χ4n) is 2.89. The molecule has 0 radical (unpaired) electrons. The van der Waals surface area contributed by atoms with E-state index in [4.69, 9.17) is 9.73 Å². The monoisotopic (exact) mass is 332 g/mol. The molecule has 24 heavy (non-hydrogen) atoms. The average molecular weight is 332 g/mol. The van der Waals surface area contributed by atoms with Gasteiger partial charge in [0.25, 0.3) is 0 Å². The molecule has 1 aliphatic rings. The summed E-state index contributed by atoms with van der Waals surface area (Å²) in [6, 6.07) is 9.12. The molecular formula is C19H32N4O. The number of hydrogen-bond acceptors (Lipinski definition) is 3. The lowest BCUT2D eigenvalue weighted by atomic mass is 10.1. The second-order valence-corrected chi connectivity index (χ2v) is 6.38. The van der Waals surface area contributed by atoms with Crippen molar-refractivity contribution in [3.63, 3.8) is 0 Å². The van der Waals surface area contributed by atoms with Crippen LogP contribution in [0.25, 0.3) is 0 Å². The van der Waals surface area contributed by atoms with Gasteiger partial charge in [-0.2, -0.15) is 0 Å². The first-order valence-corrected chi connectivity index (χ1v) is 9.08. The maximum Gasteiger partial charge on any atom is 0.191 e. The van der Waals surface area contributed by atoms with Gasteiger partial charge in [0.05, 0.1) is 19.8 Å². The van der Waals surface area contributed by atoms with Gasteiger partial charge >= 0.3 is 0 Å². The van der Waals surface area contributed by atoms with Crippen LogP contribution in [0.2, 0.25) is 0 Å². The summed E-state index contributed by atoms with van der Waals surface area (Å²) in [5, 5.41) is 6.78. The molecule has 1 unspecified atom stereocenters. The Balaban J connectivity index is 1.79. The first-order valence-electron chi connectivity index (χ1n) is 9.08. The van der Waals surface area contributed by atoms with Gasteiger partial charge < -0.3 is 15.4 Å². The van der Waals surface area contributed by atoms with E-state index in [1.54, 1.807) is 0 Å². The molecule has 1 atom stereocenters. The van der Waals surface area contributed by atoms with Crippen LogP contribution in [0.15, 0.2) is 29.3 Å². The van der Waals surface area contributed by atoms with Crippen LogP contribution < -0.4 is 10.6 Å². The summed E-state index contributed by atoms with van der Waals surface area (Å²) in [5.41, 5.74) is 2.67. The van der Waals surface area contributed by atoms with Crippen LogP contribution in [0, 0.1) is 6.92 Å². The van der Waals surface area contributed by atoms with Crippen molar-refractivity contribution in [2.45, 2.75) is 33.2 Å². The molecule has 0 spiro atoms. The Labute approximate surface area is 146 Å². The maximum absolute atomic E-state index is 5.42. The minimum atomic E-state index is 0.445. The van der Waals surface area contributed by atoms with Crippen molar-refractivity contribution >= 4 is 5.96 Å². The van der Waals surface area contributed by atoms with E-state index in [-0.39, 0.29) is 0 Å². The van der Waals surface area contributed by atoms with E-state index in [2.05, 4.69) is 60.6 Å². The van der Waals surface area contributed by atoms with Gasteiger partial charge in [0.2, 0.25) is 0 Å². The molecule has 134 valence electrons. The predicted molar refractivity (Wildman–Crippen MR) is 101 cm³/mol. The average Bonchev–Trinajstić information content (AvgIpc) is 2.60. The lowest BCUT2D eigenvalue weighted by molar-refractivity contribution is 0.0220. The van der Waals surface area contributed by atoms with E-state index in [0.29, 0.717) is 6.04 Å². The molecule has 0 amide bonds. The third kappa shape index (κ3) is 6.49. The van der Waals surface area contributed by atoms with Crippen molar-refractivity contribution in [1.82, 2.24) is 15.5 Å². The summed E-state index contributed by atoms with van der Waals surface area (Å²) in [6.07, 6.45) is 1.01. The number of guanidine groups is 1. The number of nitrogens with one attached hydrogen (secondary N) is 2. The van der Waals surface area contributed by atoms with Crippen molar-refractivity contribution in [3.8, 4) is 0 Å². The Kier molecular flexibility index (Phi) is 8.05. The van der Waals surface area contributed by atoms with Crippen molar-refractivity contribution in [2.24, 2.45) is 4.99 Å². The van der Waals surface area contributed by atoms with Gasteiger partial charge in [0.1, 0.15) is 0 Å². The molecule has 0 aromatic heterocycles. The fraction of sp³-hybridized carbons (Fsp3) is 0.632. The molecule has 1 aliphatic heterocycles. The van der Waals surface area contributed by atoms with E-state index < -0.39 is 0 Å². The Morgan fingerprint density at radius 3 is 2.79 bits per heavy atom. The standard InChI is InChI=1S/C19H32N4O/c1-4-20-19(21-9-8-18-7-5-6-16(2)14-18)22-15-17(3)23-10-12-24-13-11-23/h5-7,14,17H,4,8-13,15H2,1-3H3,(H2,20,21,22). The number of hydrogen-bond donors (Lipinski definition) is 2. The first kappa shape index (κ1) is 18.7. The molecular weight excluding hydrogens is 300 g/mol. The molecule has 5 heteroatoms. The Morgan fingerprint density at radius 1 is 1.29 bits per heavy atom. The molecule has 0 bridgehead atoms. The Morgan fingerprint density at radius 2 is 2.08 bits per heavy atom. The topological polar surface area (TPSA) is 48.9 Å². The SMILES string of the molecule is CCNC(=NCC(C)N1CCOCC1)NCCc1cccc(C)c1. The summed E-state index contributed by atoms with van der Waals surface area (Å²) in [6.45, 7) is 12.7. The summed E-state index contributed by atoms with van der Waals surface area (Å²) >= 11 is 0. The van der Waals surface area contributed by atoms with Gasteiger partial charge in [0.15, 0.2) is 5.96 Å². The highest BCUT2D eigenvalue weighted by molar-refractivity contribution is 5.79. The summed E-state index contributed by atoms with van der Waals surface area (Å²) < 4.78 is 5.42. The number of ether oxygens (including phenoxy) is 1. The number of benzene rings is 1. The third-order valence-electron chi connectivity index (χ3n) is 4.32. The zero-order chi connectivity index (χ0) is 17.2. The lowest BCUT2D eigenvalue weighted by Gasteiger charge is -2.31. The number of morpholine rings is 1. The molecule has 5 nitrogen and oxygen atoms in total. The third-order valence-corrected chi connectivity index (χ3v) is 4.32. The van der Waals surface area contributed by atoms with Crippen molar-refractivity contribution in [3.05, 3.63) is 35.4 Å². The quantitative estimate of drug-likeness (QED) is 0.591. The normalized spacial score (nSPS) is 17.5. The minimum Gasteiger partial charge on any atom is -0.379 e. The number of aryl methyl sites for hydroxylation is 1. The van der Waals surface area contributed by atoms with E-state index in [1.165, 1.54) is 11.1 Å². The second kappa shape index (κ2) is 10.3. The van der Waals surface area contributed by atoms with E-state index in [1.807, 2.05) is 0 Å². The highest BCUT2D eigenvalue weighted by Gasteiger charge is 2.16. The van der Waals surface area contributed by atoms with Crippen molar-refractivity contribution < 1.29 is 4.74 Å². The number of rotatable bonds is 7.